The Morgan fingerprint density at radius 2 is 0.920 bits per heavy atom. The van der Waals surface area contributed by atoms with Crippen molar-refractivity contribution in [1.82, 2.24) is 0 Å². The van der Waals surface area contributed by atoms with Gasteiger partial charge in [-0.15, -0.1) is 0 Å². The molecule has 0 aromatic heterocycles. The number of ether oxygens (including phenoxy) is 3. The molecule has 0 fully saturated rings. The normalized spacial score (nSPS) is 10.3. The molecule has 0 bridgehead atoms. The molecule has 0 aliphatic rings. The molecule has 0 aromatic carbocycles. The standard InChI is InChI=1S/C16H26O9/c1-13(2)15(17)20-7-5-19-6-9-22-24-11-12-25-23-10-8-21-16(18)14(3)4/h1,3,5-12H2,2,4H3. The molecule has 0 aromatic rings. The van der Waals surface area contributed by atoms with Crippen molar-refractivity contribution in [3.05, 3.63) is 24.3 Å². The highest BCUT2D eigenvalue weighted by molar-refractivity contribution is 5.87. The highest BCUT2D eigenvalue weighted by Crippen LogP contribution is 1.93. The molecule has 0 N–H and O–H groups in total. The van der Waals surface area contributed by atoms with Crippen LogP contribution in [0.5, 0.6) is 0 Å². The second kappa shape index (κ2) is 15.7. The minimum atomic E-state index is -0.475. The van der Waals surface area contributed by atoms with Crippen LogP contribution in [0.3, 0.4) is 0 Å². The number of hydrogen-bond acceptors (Lipinski definition) is 9. The van der Waals surface area contributed by atoms with Crippen LogP contribution >= 0.6 is 0 Å². The Kier molecular flexibility index (Phi) is 14.6. The molecule has 0 rings (SSSR count). The van der Waals surface area contributed by atoms with Crippen molar-refractivity contribution in [3.63, 3.8) is 0 Å². The van der Waals surface area contributed by atoms with Crippen molar-refractivity contribution in [2.75, 3.05) is 52.9 Å². The summed E-state index contributed by atoms with van der Waals surface area (Å²) < 4.78 is 14.8. The minimum Gasteiger partial charge on any atom is -0.460 e. The van der Waals surface area contributed by atoms with Crippen molar-refractivity contribution in [1.29, 1.82) is 0 Å². The van der Waals surface area contributed by atoms with Gasteiger partial charge in [0.25, 0.3) is 0 Å². The van der Waals surface area contributed by atoms with Crippen LogP contribution < -0.4 is 0 Å². The molecule has 0 saturated carbocycles. The molecule has 0 amide bonds. The molecule has 0 heterocycles. The maximum atomic E-state index is 11.0. The second-order valence-corrected chi connectivity index (χ2v) is 4.73. The average Bonchev–Trinajstić information content (AvgIpc) is 2.57. The van der Waals surface area contributed by atoms with Crippen LogP contribution in [0, 0.1) is 0 Å². The summed E-state index contributed by atoms with van der Waals surface area (Å²) >= 11 is 0. The van der Waals surface area contributed by atoms with Gasteiger partial charge in [0.05, 0.1) is 13.2 Å². The summed E-state index contributed by atoms with van der Waals surface area (Å²) in [7, 11) is 0. The number of carbonyl (C=O) groups is 2. The van der Waals surface area contributed by atoms with E-state index < -0.39 is 11.9 Å². The van der Waals surface area contributed by atoms with E-state index in [0.29, 0.717) is 11.1 Å². The summed E-state index contributed by atoms with van der Waals surface area (Å²) in [5.41, 5.74) is 0.666. The van der Waals surface area contributed by atoms with Crippen LogP contribution in [-0.4, -0.2) is 64.8 Å². The van der Waals surface area contributed by atoms with Gasteiger partial charge in [0.1, 0.15) is 39.6 Å². The summed E-state index contributed by atoms with van der Waals surface area (Å²) in [5, 5.41) is 0. The molecule has 25 heavy (non-hydrogen) atoms. The molecule has 9 nitrogen and oxygen atoms in total. The molecule has 9 heteroatoms. The van der Waals surface area contributed by atoms with Gasteiger partial charge in [0.15, 0.2) is 0 Å². The van der Waals surface area contributed by atoms with Gasteiger partial charge < -0.3 is 14.2 Å². The smallest absolute Gasteiger partial charge is 0.333 e. The molecule has 0 atom stereocenters. The molecule has 0 aliphatic heterocycles. The Morgan fingerprint density at radius 3 is 1.36 bits per heavy atom. The molecule has 0 radical (unpaired) electrons. The van der Waals surface area contributed by atoms with Crippen molar-refractivity contribution < 1.29 is 43.3 Å². The average molecular weight is 362 g/mol. The second-order valence-electron chi connectivity index (χ2n) is 4.73. The summed E-state index contributed by atoms with van der Waals surface area (Å²) in [6, 6.07) is 0. The van der Waals surface area contributed by atoms with Crippen LogP contribution in [-0.2, 0) is 43.3 Å². The van der Waals surface area contributed by atoms with E-state index in [2.05, 4.69) is 13.2 Å². The predicted octanol–water partition coefficient (Wildman–Crippen LogP) is 1.14. The van der Waals surface area contributed by atoms with E-state index in [1.54, 1.807) is 13.8 Å². The van der Waals surface area contributed by atoms with Crippen molar-refractivity contribution >= 4 is 11.9 Å². The fraction of sp³-hybridized carbons (Fsp3) is 0.625. The lowest BCUT2D eigenvalue weighted by Crippen LogP contribution is -2.14. The van der Waals surface area contributed by atoms with Crippen LogP contribution in [0.2, 0.25) is 0 Å². The predicted molar refractivity (Wildman–Crippen MR) is 86.2 cm³/mol. The van der Waals surface area contributed by atoms with Gasteiger partial charge in [0.2, 0.25) is 0 Å². The first kappa shape index (κ1) is 23.2. The number of carbonyl (C=O) groups excluding carboxylic acids is 2. The van der Waals surface area contributed by atoms with Gasteiger partial charge >= 0.3 is 11.9 Å². The van der Waals surface area contributed by atoms with E-state index >= 15 is 0 Å². The number of hydrogen-bond donors (Lipinski definition) is 0. The van der Waals surface area contributed by atoms with E-state index in [9.17, 15) is 9.59 Å². The van der Waals surface area contributed by atoms with E-state index in [1.807, 2.05) is 0 Å². The highest BCUT2D eigenvalue weighted by Gasteiger charge is 2.03. The summed E-state index contributed by atoms with van der Waals surface area (Å²) in [6.07, 6.45) is 0. The SMILES string of the molecule is C=C(C)C(=O)OCCOCCOOCCOOCCOC(=O)C(=C)C. The van der Waals surface area contributed by atoms with Gasteiger partial charge in [-0.25, -0.2) is 29.1 Å². The van der Waals surface area contributed by atoms with Crippen molar-refractivity contribution in [2.45, 2.75) is 13.8 Å². The summed E-state index contributed by atoms with van der Waals surface area (Å²) in [6.45, 7) is 11.4. The zero-order valence-electron chi connectivity index (χ0n) is 14.7. The molecular formula is C16H26O9. The fourth-order valence-corrected chi connectivity index (χ4v) is 1.11. The zero-order chi connectivity index (χ0) is 18.9. The molecule has 0 spiro atoms. The first-order valence-electron chi connectivity index (χ1n) is 7.67. The molecular weight excluding hydrogens is 336 g/mol. The van der Waals surface area contributed by atoms with Crippen LogP contribution in [0.1, 0.15) is 13.8 Å². The fourth-order valence-electron chi connectivity index (χ4n) is 1.11. The third kappa shape index (κ3) is 15.5. The Labute approximate surface area is 147 Å². The largest absolute Gasteiger partial charge is 0.460 e. The van der Waals surface area contributed by atoms with E-state index in [4.69, 9.17) is 33.8 Å². The van der Waals surface area contributed by atoms with Crippen molar-refractivity contribution in [2.24, 2.45) is 0 Å². The van der Waals surface area contributed by atoms with Gasteiger partial charge in [-0.2, -0.15) is 0 Å². The molecule has 0 saturated heterocycles. The summed E-state index contributed by atoms with van der Waals surface area (Å²) in [4.78, 5) is 41.2. The first-order chi connectivity index (χ1) is 11.9. The Balaban J connectivity index is 3.17. The monoisotopic (exact) mass is 362 g/mol. The Bertz CT molecular complexity index is 382. The zero-order valence-corrected chi connectivity index (χ0v) is 14.7. The quantitative estimate of drug-likeness (QED) is 0.132. The third-order valence-electron chi connectivity index (χ3n) is 2.29. The van der Waals surface area contributed by atoms with E-state index in [1.165, 1.54) is 0 Å². The lowest BCUT2D eigenvalue weighted by Gasteiger charge is -2.07. The topological polar surface area (TPSA) is 98.8 Å². The van der Waals surface area contributed by atoms with E-state index in [-0.39, 0.29) is 52.9 Å². The first-order valence-corrected chi connectivity index (χ1v) is 7.67. The Morgan fingerprint density at radius 1 is 0.600 bits per heavy atom. The lowest BCUT2D eigenvalue weighted by molar-refractivity contribution is -0.343. The van der Waals surface area contributed by atoms with Crippen LogP contribution in [0.25, 0.3) is 0 Å². The molecule has 144 valence electrons. The van der Waals surface area contributed by atoms with Crippen molar-refractivity contribution in [3.8, 4) is 0 Å². The third-order valence-corrected chi connectivity index (χ3v) is 2.29. The number of rotatable bonds is 16. The van der Waals surface area contributed by atoms with Crippen LogP contribution in [0.15, 0.2) is 24.3 Å². The number of esters is 2. The summed E-state index contributed by atoms with van der Waals surface area (Å²) in [5.74, 6) is -0.920. The maximum absolute atomic E-state index is 11.0. The van der Waals surface area contributed by atoms with Gasteiger partial charge in [-0.1, -0.05) is 13.2 Å². The lowest BCUT2D eigenvalue weighted by atomic mass is 10.4. The molecule has 0 aliphatic carbocycles. The highest BCUT2D eigenvalue weighted by atomic mass is 17.2. The van der Waals surface area contributed by atoms with Gasteiger partial charge in [-0.3, -0.25) is 0 Å². The van der Waals surface area contributed by atoms with Gasteiger partial charge in [0, 0.05) is 11.1 Å². The van der Waals surface area contributed by atoms with E-state index in [0.717, 1.165) is 0 Å². The van der Waals surface area contributed by atoms with Crippen LogP contribution in [0.4, 0.5) is 0 Å². The van der Waals surface area contributed by atoms with Gasteiger partial charge in [-0.05, 0) is 13.8 Å². The molecule has 0 unspecified atom stereocenters. The Hall–Kier alpha value is -1.78. The minimum absolute atomic E-state index is 0.0715. The maximum Gasteiger partial charge on any atom is 0.333 e.